The average Bonchev–Trinajstić information content (AvgIpc) is 3.43. The van der Waals surface area contributed by atoms with E-state index in [1.165, 1.54) is 23.5 Å². The van der Waals surface area contributed by atoms with Crippen LogP contribution >= 0.6 is 0 Å². The van der Waals surface area contributed by atoms with E-state index in [1.54, 1.807) is 6.07 Å². The molecule has 2 amide bonds. The first-order valence-electron chi connectivity index (χ1n) is 9.58. The number of anilines is 1. The van der Waals surface area contributed by atoms with Crippen LogP contribution in [0, 0.1) is 11.8 Å². The van der Waals surface area contributed by atoms with Crippen molar-refractivity contribution in [3.05, 3.63) is 18.2 Å². The third-order valence-corrected chi connectivity index (χ3v) is 7.17. The number of ether oxygens (including phenoxy) is 1. The van der Waals surface area contributed by atoms with E-state index in [4.69, 9.17) is 4.74 Å². The van der Waals surface area contributed by atoms with Gasteiger partial charge in [0.1, 0.15) is 10.6 Å². The predicted octanol–water partition coefficient (Wildman–Crippen LogP) is 1.58. The molecule has 8 nitrogen and oxygen atoms in total. The molecule has 3 rings (SSSR count). The highest BCUT2D eigenvalue weighted by atomic mass is 32.2. The SMILES string of the molecule is COc1ccc(NC(=O)CNC(=O)C2CC2C)cc1S(=O)(=O)N1CCCCC1. The minimum absolute atomic E-state index is 0.00456. The van der Waals surface area contributed by atoms with Gasteiger partial charge in [0.05, 0.1) is 13.7 Å². The van der Waals surface area contributed by atoms with Gasteiger partial charge in [0.15, 0.2) is 0 Å². The summed E-state index contributed by atoms with van der Waals surface area (Å²) in [6, 6.07) is 4.51. The van der Waals surface area contributed by atoms with Gasteiger partial charge >= 0.3 is 0 Å². The highest BCUT2D eigenvalue weighted by Crippen LogP contribution is 2.37. The summed E-state index contributed by atoms with van der Waals surface area (Å²) in [5.74, 6) is 0.0701. The van der Waals surface area contributed by atoms with Gasteiger partial charge < -0.3 is 15.4 Å². The largest absolute Gasteiger partial charge is 0.495 e. The Balaban J connectivity index is 1.69. The van der Waals surface area contributed by atoms with Gasteiger partial charge in [-0.1, -0.05) is 13.3 Å². The Morgan fingerprint density at radius 3 is 2.50 bits per heavy atom. The zero-order valence-corrected chi connectivity index (χ0v) is 17.0. The first-order valence-corrected chi connectivity index (χ1v) is 11.0. The normalized spacial score (nSPS) is 22.4. The zero-order valence-electron chi connectivity index (χ0n) is 16.2. The van der Waals surface area contributed by atoms with Crippen molar-refractivity contribution >= 4 is 27.5 Å². The van der Waals surface area contributed by atoms with Crippen LogP contribution in [0.2, 0.25) is 0 Å². The second-order valence-electron chi connectivity index (χ2n) is 7.42. The summed E-state index contributed by atoms with van der Waals surface area (Å²) in [6.45, 7) is 2.80. The Morgan fingerprint density at radius 1 is 1.21 bits per heavy atom. The smallest absolute Gasteiger partial charge is 0.246 e. The number of methoxy groups -OCH3 is 1. The molecule has 2 aliphatic rings. The molecule has 1 aromatic carbocycles. The molecule has 0 bridgehead atoms. The molecule has 2 N–H and O–H groups in total. The number of piperidine rings is 1. The van der Waals surface area contributed by atoms with E-state index in [-0.39, 0.29) is 29.0 Å². The van der Waals surface area contributed by atoms with Crippen LogP contribution in [0.25, 0.3) is 0 Å². The highest BCUT2D eigenvalue weighted by molar-refractivity contribution is 7.89. The second kappa shape index (κ2) is 8.48. The fraction of sp³-hybridized carbons (Fsp3) is 0.579. The van der Waals surface area contributed by atoms with E-state index in [1.807, 2.05) is 6.92 Å². The second-order valence-corrected chi connectivity index (χ2v) is 9.32. The quantitative estimate of drug-likeness (QED) is 0.711. The number of rotatable bonds is 7. The lowest BCUT2D eigenvalue weighted by Crippen LogP contribution is -2.36. The Kier molecular flexibility index (Phi) is 6.24. The third kappa shape index (κ3) is 4.64. The maximum Gasteiger partial charge on any atom is 0.246 e. The van der Waals surface area contributed by atoms with Gasteiger partial charge in [0.2, 0.25) is 21.8 Å². The van der Waals surface area contributed by atoms with Crippen LogP contribution in [-0.2, 0) is 19.6 Å². The van der Waals surface area contributed by atoms with E-state index in [9.17, 15) is 18.0 Å². The van der Waals surface area contributed by atoms with Gasteiger partial charge in [-0.25, -0.2) is 8.42 Å². The summed E-state index contributed by atoms with van der Waals surface area (Å²) in [5, 5.41) is 5.25. The van der Waals surface area contributed by atoms with E-state index < -0.39 is 15.9 Å². The van der Waals surface area contributed by atoms with E-state index in [2.05, 4.69) is 10.6 Å². The highest BCUT2D eigenvalue weighted by Gasteiger charge is 2.39. The molecule has 1 heterocycles. The van der Waals surface area contributed by atoms with Crippen molar-refractivity contribution < 1.29 is 22.7 Å². The molecule has 2 unspecified atom stereocenters. The number of carbonyl (C=O) groups excluding carboxylic acids is 2. The van der Waals surface area contributed by atoms with E-state index in [0.717, 1.165) is 25.7 Å². The van der Waals surface area contributed by atoms with Gasteiger partial charge in [-0.2, -0.15) is 4.31 Å². The number of amides is 2. The molecule has 1 aliphatic carbocycles. The van der Waals surface area contributed by atoms with Crippen molar-refractivity contribution in [1.82, 2.24) is 9.62 Å². The van der Waals surface area contributed by atoms with Gasteiger partial charge in [0, 0.05) is 24.7 Å². The average molecular weight is 410 g/mol. The Bertz CT molecular complexity index is 849. The van der Waals surface area contributed by atoms with Crippen LogP contribution in [0.1, 0.15) is 32.6 Å². The molecule has 1 aliphatic heterocycles. The molecular weight excluding hydrogens is 382 g/mol. The standard InChI is InChI=1S/C19H27N3O5S/c1-13-10-15(13)19(24)20-12-18(23)21-14-6-7-16(27-2)17(11-14)28(25,26)22-8-4-3-5-9-22/h6-7,11,13,15H,3-5,8-10,12H2,1-2H3,(H,20,24)(H,21,23). The molecule has 9 heteroatoms. The molecule has 2 atom stereocenters. The van der Waals surface area contributed by atoms with Crippen molar-refractivity contribution in [2.75, 3.05) is 32.1 Å². The molecule has 0 spiro atoms. The van der Waals surface area contributed by atoms with Crippen LogP contribution in [0.3, 0.4) is 0 Å². The number of nitrogens with one attached hydrogen (secondary N) is 2. The maximum absolute atomic E-state index is 13.0. The van der Waals surface area contributed by atoms with Crippen molar-refractivity contribution in [2.24, 2.45) is 11.8 Å². The van der Waals surface area contributed by atoms with Crippen LogP contribution < -0.4 is 15.4 Å². The number of hydrogen-bond acceptors (Lipinski definition) is 5. The number of benzene rings is 1. The topological polar surface area (TPSA) is 105 Å². The van der Waals surface area contributed by atoms with Gasteiger partial charge in [-0.3, -0.25) is 9.59 Å². The molecule has 0 radical (unpaired) electrons. The van der Waals surface area contributed by atoms with Crippen molar-refractivity contribution in [3.63, 3.8) is 0 Å². The van der Waals surface area contributed by atoms with Crippen LogP contribution in [0.15, 0.2) is 23.1 Å². The Morgan fingerprint density at radius 2 is 1.89 bits per heavy atom. The van der Waals surface area contributed by atoms with Crippen LogP contribution in [0.4, 0.5) is 5.69 Å². The molecule has 28 heavy (non-hydrogen) atoms. The Hall–Kier alpha value is -2.13. The van der Waals surface area contributed by atoms with Gasteiger partial charge in [0.25, 0.3) is 0 Å². The number of nitrogens with zero attached hydrogens (tertiary/aromatic N) is 1. The Labute approximate surface area is 165 Å². The summed E-state index contributed by atoms with van der Waals surface area (Å²) in [4.78, 5) is 24.0. The molecule has 154 valence electrons. The lowest BCUT2D eigenvalue weighted by Gasteiger charge is -2.26. The lowest BCUT2D eigenvalue weighted by molar-refractivity contribution is -0.125. The van der Waals surface area contributed by atoms with Gasteiger partial charge in [-0.05, 0) is 43.4 Å². The molecule has 0 aromatic heterocycles. The number of sulfonamides is 1. The lowest BCUT2D eigenvalue weighted by atomic mass is 10.2. The first kappa shape index (κ1) is 20.6. The number of hydrogen-bond donors (Lipinski definition) is 2. The monoisotopic (exact) mass is 409 g/mol. The van der Waals surface area contributed by atoms with Crippen molar-refractivity contribution in [2.45, 2.75) is 37.5 Å². The molecule has 1 saturated carbocycles. The predicted molar refractivity (Wildman–Crippen MR) is 105 cm³/mol. The van der Waals surface area contributed by atoms with Crippen molar-refractivity contribution in [3.8, 4) is 5.75 Å². The van der Waals surface area contributed by atoms with Gasteiger partial charge in [-0.15, -0.1) is 0 Å². The molecule has 1 aromatic rings. The van der Waals surface area contributed by atoms with E-state index in [0.29, 0.717) is 24.7 Å². The fourth-order valence-electron chi connectivity index (χ4n) is 3.39. The summed E-state index contributed by atoms with van der Waals surface area (Å²) >= 11 is 0. The minimum Gasteiger partial charge on any atom is -0.495 e. The first-order chi connectivity index (χ1) is 13.3. The zero-order chi connectivity index (χ0) is 20.3. The maximum atomic E-state index is 13.0. The summed E-state index contributed by atoms with van der Waals surface area (Å²) in [7, 11) is -2.30. The van der Waals surface area contributed by atoms with Crippen LogP contribution in [-0.4, -0.2) is 51.3 Å². The van der Waals surface area contributed by atoms with Crippen molar-refractivity contribution in [1.29, 1.82) is 0 Å². The van der Waals surface area contributed by atoms with E-state index >= 15 is 0 Å². The third-order valence-electron chi connectivity index (χ3n) is 5.25. The summed E-state index contributed by atoms with van der Waals surface area (Å²) in [6.07, 6.45) is 3.53. The molecule has 1 saturated heterocycles. The fourth-order valence-corrected chi connectivity index (χ4v) is 5.09. The minimum atomic E-state index is -3.71. The number of carbonyl (C=O) groups is 2. The molecule has 2 fully saturated rings. The van der Waals surface area contributed by atoms with Crippen LogP contribution in [0.5, 0.6) is 5.75 Å². The summed E-state index contributed by atoms with van der Waals surface area (Å²) < 4.78 is 32.7. The molecular formula is C19H27N3O5S. The summed E-state index contributed by atoms with van der Waals surface area (Å²) in [5.41, 5.74) is 0.343.